The SMILES string of the molecule is CC(C)CCCC(C)CCOC(=O)c1cccc(-c2ccsc2Br)c1. The molecule has 2 aromatic rings. The topological polar surface area (TPSA) is 26.3 Å². The van der Waals surface area contributed by atoms with Gasteiger partial charge < -0.3 is 4.74 Å². The summed E-state index contributed by atoms with van der Waals surface area (Å²) >= 11 is 5.19. The quantitative estimate of drug-likeness (QED) is 0.399. The zero-order chi connectivity index (χ0) is 18.2. The molecular formula is C21H27BrO2S. The van der Waals surface area contributed by atoms with E-state index >= 15 is 0 Å². The maximum Gasteiger partial charge on any atom is 0.338 e. The normalized spacial score (nSPS) is 12.4. The van der Waals surface area contributed by atoms with Gasteiger partial charge >= 0.3 is 5.97 Å². The number of hydrogen-bond acceptors (Lipinski definition) is 3. The van der Waals surface area contributed by atoms with Crippen molar-refractivity contribution in [1.29, 1.82) is 0 Å². The van der Waals surface area contributed by atoms with Crippen LogP contribution in [-0.4, -0.2) is 12.6 Å². The van der Waals surface area contributed by atoms with E-state index in [4.69, 9.17) is 4.74 Å². The third-order valence-corrected chi connectivity index (χ3v) is 6.04. The molecule has 2 nitrogen and oxygen atoms in total. The Morgan fingerprint density at radius 1 is 1.16 bits per heavy atom. The Kier molecular flexibility index (Phi) is 8.17. The molecule has 0 fully saturated rings. The van der Waals surface area contributed by atoms with Crippen molar-refractivity contribution in [2.24, 2.45) is 11.8 Å². The van der Waals surface area contributed by atoms with Crippen molar-refractivity contribution >= 4 is 33.2 Å². The number of halogens is 1. The molecule has 0 radical (unpaired) electrons. The molecule has 0 amide bonds. The molecule has 0 aliphatic rings. The van der Waals surface area contributed by atoms with Crippen LogP contribution in [0.5, 0.6) is 0 Å². The molecule has 0 spiro atoms. The average Bonchev–Trinajstić information content (AvgIpc) is 3.00. The maximum absolute atomic E-state index is 12.3. The number of benzene rings is 1. The van der Waals surface area contributed by atoms with Gasteiger partial charge in [-0.1, -0.05) is 52.2 Å². The number of carbonyl (C=O) groups is 1. The number of thiophene rings is 1. The summed E-state index contributed by atoms with van der Waals surface area (Å²) in [6.07, 6.45) is 4.66. The zero-order valence-electron chi connectivity index (χ0n) is 15.3. The molecule has 0 N–H and O–H groups in total. The summed E-state index contributed by atoms with van der Waals surface area (Å²) in [4.78, 5) is 12.3. The van der Waals surface area contributed by atoms with Crippen LogP contribution in [0.3, 0.4) is 0 Å². The minimum atomic E-state index is -0.234. The third-order valence-electron chi connectivity index (χ3n) is 4.35. The highest BCUT2D eigenvalue weighted by molar-refractivity contribution is 9.11. The molecule has 0 aliphatic carbocycles. The fraction of sp³-hybridized carbons (Fsp3) is 0.476. The van der Waals surface area contributed by atoms with Crippen LogP contribution in [0.15, 0.2) is 39.5 Å². The lowest BCUT2D eigenvalue weighted by molar-refractivity contribution is 0.0483. The first kappa shape index (κ1) is 20.2. The molecule has 0 aliphatic heterocycles. The van der Waals surface area contributed by atoms with Crippen molar-refractivity contribution < 1.29 is 9.53 Å². The van der Waals surface area contributed by atoms with Gasteiger partial charge in [0.15, 0.2) is 0 Å². The van der Waals surface area contributed by atoms with Crippen molar-refractivity contribution in [3.05, 3.63) is 45.1 Å². The number of ether oxygens (including phenoxy) is 1. The largest absolute Gasteiger partial charge is 0.462 e. The molecule has 1 aromatic heterocycles. The van der Waals surface area contributed by atoms with Gasteiger partial charge in [0.25, 0.3) is 0 Å². The van der Waals surface area contributed by atoms with Crippen LogP contribution in [0.2, 0.25) is 0 Å². The summed E-state index contributed by atoms with van der Waals surface area (Å²) < 4.78 is 6.56. The first-order valence-corrected chi connectivity index (χ1v) is 10.6. The zero-order valence-corrected chi connectivity index (χ0v) is 17.7. The second kappa shape index (κ2) is 10.1. The van der Waals surface area contributed by atoms with Crippen molar-refractivity contribution in [3.8, 4) is 11.1 Å². The molecule has 0 bridgehead atoms. The fourth-order valence-corrected chi connectivity index (χ4v) is 4.09. The van der Waals surface area contributed by atoms with Crippen molar-refractivity contribution in [2.75, 3.05) is 6.61 Å². The summed E-state index contributed by atoms with van der Waals surface area (Å²) in [5, 5.41) is 2.03. The summed E-state index contributed by atoms with van der Waals surface area (Å²) in [7, 11) is 0. The third kappa shape index (κ3) is 6.59. The summed E-state index contributed by atoms with van der Waals surface area (Å²) in [5.41, 5.74) is 2.76. The van der Waals surface area contributed by atoms with Crippen molar-refractivity contribution in [2.45, 2.75) is 46.5 Å². The van der Waals surface area contributed by atoms with Gasteiger partial charge in [-0.3, -0.25) is 0 Å². The van der Waals surface area contributed by atoms with E-state index in [-0.39, 0.29) is 5.97 Å². The highest BCUT2D eigenvalue weighted by atomic mass is 79.9. The molecule has 1 heterocycles. The Morgan fingerprint density at radius 2 is 1.96 bits per heavy atom. The Hall–Kier alpha value is -1.13. The first-order valence-electron chi connectivity index (χ1n) is 8.98. The fourth-order valence-electron chi connectivity index (χ4n) is 2.77. The van der Waals surface area contributed by atoms with E-state index in [0.29, 0.717) is 18.1 Å². The molecule has 2 rings (SSSR count). The molecule has 1 unspecified atom stereocenters. The lowest BCUT2D eigenvalue weighted by Gasteiger charge is -2.12. The smallest absolute Gasteiger partial charge is 0.338 e. The minimum Gasteiger partial charge on any atom is -0.462 e. The Bertz CT molecular complexity index is 678. The van der Waals surface area contributed by atoms with Crippen LogP contribution in [0.25, 0.3) is 11.1 Å². The summed E-state index contributed by atoms with van der Waals surface area (Å²) in [5.74, 6) is 1.13. The van der Waals surface area contributed by atoms with E-state index in [1.54, 1.807) is 11.3 Å². The van der Waals surface area contributed by atoms with Gasteiger partial charge in [0.2, 0.25) is 0 Å². The standard InChI is InChI=1S/C21H27BrO2S/c1-15(2)6-4-7-16(3)10-12-24-21(23)18-9-5-8-17(14-18)19-11-13-25-20(19)22/h5,8-9,11,13-16H,4,6-7,10,12H2,1-3H3. The van der Waals surface area contributed by atoms with Gasteiger partial charge in [0, 0.05) is 5.56 Å². The predicted molar refractivity (Wildman–Crippen MR) is 110 cm³/mol. The number of carbonyl (C=O) groups excluding carboxylic acids is 1. The minimum absolute atomic E-state index is 0.234. The molecule has 136 valence electrons. The maximum atomic E-state index is 12.3. The van der Waals surface area contributed by atoms with E-state index in [2.05, 4.69) is 42.8 Å². The Balaban J connectivity index is 1.82. The molecule has 1 atom stereocenters. The second-order valence-electron chi connectivity index (χ2n) is 7.04. The van der Waals surface area contributed by atoms with E-state index in [1.807, 2.05) is 29.6 Å². The first-order chi connectivity index (χ1) is 12.0. The van der Waals surface area contributed by atoms with Crippen LogP contribution >= 0.6 is 27.3 Å². The molecule has 1 aromatic carbocycles. The Labute approximate surface area is 163 Å². The molecular weight excluding hydrogens is 396 g/mol. The monoisotopic (exact) mass is 422 g/mol. The average molecular weight is 423 g/mol. The van der Waals surface area contributed by atoms with Crippen LogP contribution < -0.4 is 0 Å². The van der Waals surface area contributed by atoms with Gasteiger partial charge in [-0.05, 0) is 63.3 Å². The van der Waals surface area contributed by atoms with Crippen LogP contribution in [0.4, 0.5) is 0 Å². The highest BCUT2D eigenvalue weighted by Gasteiger charge is 2.11. The summed E-state index contributed by atoms with van der Waals surface area (Å²) in [6.45, 7) is 7.25. The van der Waals surface area contributed by atoms with E-state index in [9.17, 15) is 4.79 Å². The second-order valence-corrected chi connectivity index (χ2v) is 9.28. The highest BCUT2D eigenvalue weighted by Crippen LogP contribution is 2.33. The van der Waals surface area contributed by atoms with E-state index in [0.717, 1.165) is 27.3 Å². The van der Waals surface area contributed by atoms with Crippen molar-refractivity contribution in [3.63, 3.8) is 0 Å². The van der Waals surface area contributed by atoms with E-state index < -0.39 is 0 Å². The Morgan fingerprint density at radius 3 is 2.64 bits per heavy atom. The van der Waals surface area contributed by atoms with Crippen LogP contribution in [-0.2, 0) is 4.74 Å². The molecule has 0 saturated carbocycles. The molecule has 25 heavy (non-hydrogen) atoms. The van der Waals surface area contributed by atoms with Gasteiger partial charge in [-0.15, -0.1) is 11.3 Å². The lowest BCUT2D eigenvalue weighted by Crippen LogP contribution is -2.09. The van der Waals surface area contributed by atoms with Crippen LogP contribution in [0, 0.1) is 11.8 Å². The van der Waals surface area contributed by atoms with Crippen molar-refractivity contribution in [1.82, 2.24) is 0 Å². The molecule has 4 heteroatoms. The van der Waals surface area contributed by atoms with Gasteiger partial charge in [-0.2, -0.15) is 0 Å². The number of rotatable bonds is 9. The van der Waals surface area contributed by atoms with Gasteiger partial charge in [0.1, 0.15) is 0 Å². The number of esters is 1. The van der Waals surface area contributed by atoms with Crippen LogP contribution in [0.1, 0.15) is 56.8 Å². The number of hydrogen-bond donors (Lipinski definition) is 0. The van der Waals surface area contributed by atoms with Gasteiger partial charge in [-0.25, -0.2) is 4.79 Å². The predicted octanol–water partition coefficient (Wildman–Crippen LogP) is 7.19. The van der Waals surface area contributed by atoms with Gasteiger partial charge in [0.05, 0.1) is 16.0 Å². The summed E-state index contributed by atoms with van der Waals surface area (Å²) in [6, 6.07) is 9.70. The molecule has 0 saturated heterocycles. The lowest BCUT2D eigenvalue weighted by atomic mass is 9.98. The van der Waals surface area contributed by atoms with E-state index in [1.165, 1.54) is 19.3 Å².